The zero-order valence-electron chi connectivity index (χ0n) is 11.5. The van der Waals surface area contributed by atoms with Crippen molar-refractivity contribution >= 4 is 11.4 Å². The average Bonchev–Trinajstić information content (AvgIpc) is 2.47. The van der Waals surface area contributed by atoms with E-state index in [1.807, 2.05) is 6.07 Å². The van der Waals surface area contributed by atoms with E-state index < -0.39 is 0 Å². The van der Waals surface area contributed by atoms with E-state index in [-0.39, 0.29) is 22.7 Å². The van der Waals surface area contributed by atoms with Gasteiger partial charge in [0.15, 0.2) is 0 Å². The third kappa shape index (κ3) is 2.88. The Balaban J connectivity index is 1.78. The second kappa shape index (κ2) is 5.79. The number of ether oxygens (including phenoxy) is 1. The summed E-state index contributed by atoms with van der Waals surface area (Å²) >= 11 is 0. The Morgan fingerprint density at radius 1 is 1.38 bits per heavy atom. The number of nitro groups is 1. The summed E-state index contributed by atoms with van der Waals surface area (Å²) in [6, 6.07) is 7.07. The van der Waals surface area contributed by atoms with E-state index in [4.69, 9.17) is 9.94 Å². The number of benzene rings is 1. The number of morpholine rings is 1. The summed E-state index contributed by atoms with van der Waals surface area (Å²) in [5, 5.41) is 23.2. The van der Waals surface area contributed by atoms with Gasteiger partial charge in [-0.05, 0) is 5.56 Å². The lowest BCUT2D eigenvalue weighted by atomic mass is 9.92. The van der Waals surface area contributed by atoms with E-state index in [1.54, 1.807) is 12.1 Å². The molecule has 112 valence electrons. The van der Waals surface area contributed by atoms with E-state index in [0.717, 1.165) is 11.3 Å². The third-order valence-electron chi connectivity index (χ3n) is 4.13. The van der Waals surface area contributed by atoms with Crippen LogP contribution >= 0.6 is 0 Å². The Labute approximate surface area is 122 Å². The zero-order chi connectivity index (χ0) is 14.8. The number of fused-ring (bicyclic) bond motifs is 2. The van der Waals surface area contributed by atoms with Crippen molar-refractivity contribution in [3.63, 3.8) is 0 Å². The largest absolute Gasteiger partial charge is 0.411 e. The zero-order valence-corrected chi connectivity index (χ0v) is 11.5. The molecule has 2 bridgehead atoms. The first-order chi connectivity index (χ1) is 10.2. The molecule has 0 aromatic heterocycles. The minimum absolute atomic E-state index is 0.114. The summed E-state index contributed by atoms with van der Waals surface area (Å²) in [4.78, 5) is 12.8. The lowest BCUT2D eigenvalue weighted by Gasteiger charge is -2.45. The van der Waals surface area contributed by atoms with Gasteiger partial charge in [-0.1, -0.05) is 17.3 Å². The molecule has 21 heavy (non-hydrogen) atoms. The molecular weight excluding hydrogens is 274 g/mol. The Hall–Kier alpha value is -1.99. The molecule has 0 amide bonds. The highest BCUT2D eigenvalue weighted by molar-refractivity contribution is 5.86. The number of nitro benzene ring substituents is 1. The molecule has 2 aliphatic heterocycles. The number of hydrogen-bond acceptors (Lipinski definition) is 6. The van der Waals surface area contributed by atoms with Gasteiger partial charge in [0.25, 0.3) is 5.69 Å². The molecule has 2 aliphatic rings. The Morgan fingerprint density at radius 2 is 2.10 bits per heavy atom. The standard InChI is InChI=1S/C14H17N3O4/c18-15-11-5-13-8-21-9-14(6-11)16(13)7-10-2-1-3-12(4-10)17(19)20/h1-4,13-14,18H,5-9H2. The van der Waals surface area contributed by atoms with Gasteiger partial charge in [0.1, 0.15) is 0 Å². The van der Waals surface area contributed by atoms with Crippen molar-refractivity contribution in [3.8, 4) is 0 Å². The van der Waals surface area contributed by atoms with Crippen molar-refractivity contribution in [2.24, 2.45) is 5.16 Å². The van der Waals surface area contributed by atoms with Gasteiger partial charge in [0.2, 0.25) is 0 Å². The van der Waals surface area contributed by atoms with Crippen LogP contribution in [0.3, 0.4) is 0 Å². The van der Waals surface area contributed by atoms with Gasteiger partial charge < -0.3 is 9.94 Å². The number of non-ortho nitro benzene ring substituents is 1. The Bertz CT molecular complexity index is 559. The first-order valence-corrected chi connectivity index (χ1v) is 6.94. The molecule has 0 spiro atoms. The van der Waals surface area contributed by atoms with Crippen molar-refractivity contribution in [2.75, 3.05) is 13.2 Å². The number of oxime groups is 1. The van der Waals surface area contributed by atoms with Crippen molar-refractivity contribution in [2.45, 2.75) is 31.5 Å². The van der Waals surface area contributed by atoms with E-state index >= 15 is 0 Å². The highest BCUT2D eigenvalue weighted by atomic mass is 16.6. The molecule has 1 N–H and O–H groups in total. The Morgan fingerprint density at radius 3 is 2.71 bits per heavy atom. The predicted octanol–water partition coefficient (Wildman–Crippen LogP) is 1.79. The number of piperidine rings is 1. The van der Waals surface area contributed by atoms with Crippen LogP contribution in [0.4, 0.5) is 5.69 Å². The topological polar surface area (TPSA) is 88.2 Å². The van der Waals surface area contributed by atoms with Crippen molar-refractivity contribution in [1.29, 1.82) is 0 Å². The summed E-state index contributed by atoms with van der Waals surface area (Å²) in [6.45, 7) is 1.86. The maximum Gasteiger partial charge on any atom is 0.269 e. The molecule has 0 radical (unpaired) electrons. The van der Waals surface area contributed by atoms with E-state index in [2.05, 4.69) is 10.1 Å². The highest BCUT2D eigenvalue weighted by Crippen LogP contribution is 2.28. The summed E-state index contributed by atoms with van der Waals surface area (Å²) in [6.07, 6.45) is 1.36. The molecule has 2 atom stereocenters. The van der Waals surface area contributed by atoms with Crippen molar-refractivity contribution < 1.29 is 14.9 Å². The molecule has 1 aromatic rings. The number of nitrogens with zero attached hydrogens (tertiary/aromatic N) is 3. The first kappa shape index (κ1) is 14.0. The van der Waals surface area contributed by atoms with E-state index in [1.165, 1.54) is 6.07 Å². The fourth-order valence-electron chi connectivity index (χ4n) is 3.13. The second-order valence-corrected chi connectivity index (χ2v) is 5.52. The maximum absolute atomic E-state index is 10.9. The van der Waals surface area contributed by atoms with Crippen LogP contribution in [0.5, 0.6) is 0 Å². The maximum atomic E-state index is 10.9. The van der Waals surface area contributed by atoms with Crippen LogP contribution in [0.15, 0.2) is 29.4 Å². The molecule has 2 fully saturated rings. The summed E-state index contributed by atoms with van der Waals surface area (Å²) in [5.74, 6) is 0. The lowest BCUT2D eigenvalue weighted by molar-refractivity contribution is -0.384. The third-order valence-corrected chi connectivity index (χ3v) is 4.13. The molecule has 0 saturated carbocycles. The average molecular weight is 291 g/mol. The first-order valence-electron chi connectivity index (χ1n) is 6.94. The fourth-order valence-corrected chi connectivity index (χ4v) is 3.13. The quantitative estimate of drug-likeness (QED) is 0.521. The summed E-state index contributed by atoms with van der Waals surface area (Å²) in [5.41, 5.74) is 1.85. The van der Waals surface area contributed by atoms with Crippen LogP contribution in [0.25, 0.3) is 0 Å². The number of rotatable bonds is 3. The van der Waals surface area contributed by atoms with Crippen LogP contribution in [-0.4, -0.2) is 46.0 Å². The fraction of sp³-hybridized carbons (Fsp3) is 0.500. The minimum atomic E-state index is -0.375. The van der Waals surface area contributed by atoms with Gasteiger partial charge in [-0.3, -0.25) is 15.0 Å². The smallest absolute Gasteiger partial charge is 0.269 e. The van der Waals surface area contributed by atoms with Gasteiger partial charge in [-0.15, -0.1) is 0 Å². The SMILES string of the molecule is O=[N+]([O-])c1cccc(CN2C3COCC2CC(=NO)C3)c1. The molecule has 2 saturated heterocycles. The van der Waals surface area contributed by atoms with Gasteiger partial charge in [-0.2, -0.15) is 0 Å². The molecule has 1 aromatic carbocycles. The second-order valence-electron chi connectivity index (χ2n) is 5.52. The van der Waals surface area contributed by atoms with Crippen LogP contribution < -0.4 is 0 Å². The van der Waals surface area contributed by atoms with Crippen LogP contribution in [0.2, 0.25) is 0 Å². The molecule has 7 heteroatoms. The highest BCUT2D eigenvalue weighted by Gasteiger charge is 2.37. The van der Waals surface area contributed by atoms with Gasteiger partial charge >= 0.3 is 0 Å². The van der Waals surface area contributed by atoms with Crippen molar-refractivity contribution in [1.82, 2.24) is 4.90 Å². The van der Waals surface area contributed by atoms with Crippen LogP contribution in [-0.2, 0) is 11.3 Å². The minimum Gasteiger partial charge on any atom is -0.411 e. The molecule has 2 unspecified atom stereocenters. The van der Waals surface area contributed by atoms with E-state index in [9.17, 15) is 10.1 Å². The normalized spacial score (nSPS) is 25.6. The molecule has 3 rings (SSSR count). The predicted molar refractivity (Wildman–Crippen MR) is 75.5 cm³/mol. The monoisotopic (exact) mass is 291 g/mol. The van der Waals surface area contributed by atoms with Gasteiger partial charge in [0, 0.05) is 43.6 Å². The molecule has 2 heterocycles. The van der Waals surface area contributed by atoms with Gasteiger partial charge in [-0.25, -0.2) is 0 Å². The molecular formula is C14H17N3O4. The molecule has 0 aliphatic carbocycles. The summed E-state index contributed by atoms with van der Waals surface area (Å²) < 4.78 is 5.57. The van der Waals surface area contributed by atoms with Crippen LogP contribution in [0.1, 0.15) is 18.4 Å². The van der Waals surface area contributed by atoms with E-state index in [0.29, 0.717) is 32.6 Å². The van der Waals surface area contributed by atoms with Gasteiger partial charge in [0.05, 0.1) is 23.8 Å². The summed E-state index contributed by atoms with van der Waals surface area (Å²) in [7, 11) is 0. The van der Waals surface area contributed by atoms with Crippen molar-refractivity contribution in [3.05, 3.63) is 39.9 Å². The lowest BCUT2D eigenvalue weighted by Crippen LogP contribution is -2.56. The number of hydrogen-bond donors (Lipinski definition) is 1. The van der Waals surface area contributed by atoms with Crippen LogP contribution in [0, 0.1) is 10.1 Å². The Kier molecular flexibility index (Phi) is 3.85. The molecule has 7 nitrogen and oxygen atoms in total.